The van der Waals surface area contributed by atoms with Crippen molar-refractivity contribution in [2.75, 3.05) is 45.8 Å². The van der Waals surface area contributed by atoms with Crippen LogP contribution in [0.5, 0.6) is 0 Å². The molecule has 0 unspecified atom stereocenters. The van der Waals surface area contributed by atoms with Crippen molar-refractivity contribution in [1.29, 1.82) is 0 Å². The lowest BCUT2D eigenvalue weighted by Gasteiger charge is -2.26. The summed E-state index contributed by atoms with van der Waals surface area (Å²) >= 11 is 0. The molecule has 146 valence electrons. The van der Waals surface area contributed by atoms with E-state index in [4.69, 9.17) is 0 Å². The van der Waals surface area contributed by atoms with Gasteiger partial charge in [0.1, 0.15) is 0 Å². The van der Waals surface area contributed by atoms with E-state index < -0.39 is 10.0 Å². The number of hydrogen-bond acceptors (Lipinski definition) is 4. The molecule has 0 aliphatic carbocycles. The van der Waals surface area contributed by atoms with Crippen LogP contribution in [0.1, 0.15) is 26.2 Å². The van der Waals surface area contributed by atoms with Crippen molar-refractivity contribution in [3.05, 3.63) is 30.3 Å². The quantitative estimate of drug-likeness (QED) is 0.338. The number of benzene rings is 1. The fourth-order valence-electron chi connectivity index (χ4n) is 2.89. The van der Waals surface area contributed by atoms with Gasteiger partial charge in [0.05, 0.1) is 11.4 Å². The van der Waals surface area contributed by atoms with Crippen LogP contribution in [0, 0.1) is 0 Å². The van der Waals surface area contributed by atoms with Crippen molar-refractivity contribution in [2.45, 2.75) is 31.1 Å². The summed E-state index contributed by atoms with van der Waals surface area (Å²) in [5.41, 5.74) is 0. The highest BCUT2D eigenvalue weighted by molar-refractivity contribution is 7.89. The molecule has 1 heterocycles. The Morgan fingerprint density at radius 1 is 1.08 bits per heavy atom. The second-order valence-corrected chi connectivity index (χ2v) is 8.07. The molecular weight excluding hydrogens is 350 g/mol. The summed E-state index contributed by atoms with van der Waals surface area (Å²) in [5, 5.41) is 6.51. The minimum atomic E-state index is -3.47. The topological polar surface area (TPSA) is 85.8 Å². The summed E-state index contributed by atoms with van der Waals surface area (Å²) in [7, 11) is -3.47. The molecule has 7 nitrogen and oxygen atoms in total. The SMILES string of the molecule is CCNC(=NCCNS(=O)(=O)c1ccccc1)NCCN1CCCCC1. The van der Waals surface area contributed by atoms with Gasteiger partial charge in [0, 0.05) is 26.2 Å². The van der Waals surface area contributed by atoms with Gasteiger partial charge in [-0.1, -0.05) is 24.6 Å². The number of nitrogens with zero attached hydrogens (tertiary/aromatic N) is 2. The minimum Gasteiger partial charge on any atom is -0.357 e. The number of piperidine rings is 1. The second-order valence-electron chi connectivity index (χ2n) is 6.30. The second kappa shape index (κ2) is 11.2. The molecule has 0 amide bonds. The molecule has 26 heavy (non-hydrogen) atoms. The van der Waals surface area contributed by atoms with Gasteiger partial charge >= 0.3 is 0 Å². The third kappa shape index (κ3) is 7.31. The molecule has 8 heteroatoms. The molecule has 1 saturated heterocycles. The maximum atomic E-state index is 12.2. The van der Waals surface area contributed by atoms with Gasteiger partial charge in [0.2, 0.25) is 10.0 Å². The highest BCUT2D eigenvalue weighted by Gasteiger charge is 2.12. The maximum absolute atomic E-state index is 12.2. The zero-order valence-electron chi connectivity index (χ0n) is 15.6. The molecule has 1 aliphatic heterocycles. The predicted molar refractivity (Wildman–Crippen MR) is 106 cm³/mol. The van der Waals surface area contributed by atoms with Crippen LogP contribution in [0.15, 0.2) is 40.2 Å². The van der Waals surface area contributed by atoms with E-state index in [1.165, 1.54) is 32.4 Å². The van der Waals surface area contributed by atoms with Crippen LogP contribution >= 0.6 is 0 Å². The Labute approximate surface area is 157 Å². The van der Waals surface area contributed by atoms with Gasteiger partial charge in [-0.25, -0.2) is 13.1 Å². The fourth-order valence-corrected chi connectivity index (χ4v) is 3.93. The molecule has 0 spiro atoms. The lowest BCUT2D eigenvalue weighted by atomic mass is 10.1. The van der Waals surface area contributed by atoms with Gasteiger partial charge in [-0.15, -0.1) is 0 Å². The molecule has 0 radical (unpaired) electrons. The average molecular weight is 382 g/mol. The minimum absolute atomic E-state index is 0.264. The molecule has 1 aromatic rings. The summed E-state index contributed by atoms with van der Waals surface area (Å²) in [4.78, 5) is 7.18. The molecule has 2 rings (SSSR count). The van der Waals surface area contributed by atoms with E-state index in [2.05, 4.69) is 25.2 Å². The lowest BCUT2D eigenvalue weighted by molar-refractivity contribution is 0.232. The van der Waals surface area contributed by atoms with Crippen LogP contribution in [0.4, 0.5) is 0 Å². The van der Waals surface area contributed by atoms with Crippen LogP contribution in [0.2, 0.25) is 0 Å². The summed E-state index contributed by atoms with van der Waals surface area (Å²) in [5.74, 6) is 0.725. The number of aliphatic imine (C=N–C) groups is 1. The molecule has 0 aromatic heterocycles. The van der Waals surface area contributed by atoms with Gasteiger partial charge in [-0.3, -0.25) is 4.99 Å². The Balaban J connectivity index is 1.73. The fraction of sp³-hybridized carbons (Fsp3) is 0.611. The van der Waals surface area contributed by atoms with Crippen LogP contribution in [0.3, 0.4) is 0 Å². The first-order chi connectivity index (χ1) is 12.6. The van der Waals surface area contributed by atoms with E-state index in [1.807, 2.05) is 6.92 Å². The Morgan fingerprint density at radius 3 is 2.50 bits per heavy atom. The van der Waals surface area contributed by atoms with Crippen molar-refractivity contribution in [1.82, 2.24) is 20.3 Å². The molecule has 1 aliphatic rings. The summed E-state index contributed by atoms with van der Waals surface area (Å²) in [6.45, 7) is 7.62. The van der Waals surface area contributed by atoms with Gasteiger partial charge in [-0.05, 0) is 45.0 Å². The van der Waals surface area contributed by atoms with Gasteiger partial charge in [0.25, 0.3) is 0 Å². The van der Waals surface area contributed by atoms with E-state index in [1.54, 1.807) is 30.3 Å². The average Bonchev–Trinajstić information content (AvgIpc) is 2.67. The first-order valence-electron chi connectivity index (χ1n) is 9.41. The Kier molecular flexibility index (Phi) is 8.87. The monoisotopic (exact) mass is 381 g/mol. The Morgan fingerprint density at radius 2 is 1.81 bits per heavy atom. The normalized spacial score (nSPS) is 16.4. The Hall–Kier alpha value is -1.64. The molecule has 0 saturated carbocycles. The van der Waals surface area contributed by atoms with Crippen LogP contribution in [-0.2, 0) is 10.0 Å². The largest absolute Gasteiger partial charge is 0.357 e. The van der Waals surface area contributed by atoms with Crippen molar-refractivity contribution in [2.24, 2.45) is 4.99 Å². The molecule has 0 atom stereocenters. The summed E-state index contributed by atoms with van der Waals surface area (Å²) in [6, 6.07) is 8.38. The first kappa shape index (κ1) is 20.7. The van der Waals surface area contributed by atoms with Gasteiger partial charge in [-0.2, -0.15) is 0 Å². The first-order valence-corrected chi connectivity index (χ1v) is 10.9. The maximum Gasteiger partial charge on any atom is 0.240 e. The van der Waals surface area contributed by atoms with Crippen molar-refractivity contribution < 1.29 is 8.42 Å². The number of nitrogens with one attached hydrogen (secondary N) is 3. The predicted octanol–water partition coefficient (Wildman–Crippen LogP) is 1.01. The number of hydrogen-bond donors (Lipinski definition) is 3. The van der Waals surface area contributed by atoms with E-state index in [0.29, 0.717) is 6.54 Å². The summed E-state index contributed by atoms with van der Waals surface area (Å²) < 4.78 is 26.9. The van der Waals surface area contributed by atoms with Crippen molar-refractivity contribution in [3.8, 4) is 0 Å². The standard InChI is InChI=1S/C18H31N5O2S/c1-2-19-18(21-13-16-23-14-7-4-8-15-23)20-11-12-22-26(24,25)17-9-5-3-6-10-17/h3,5-6,9-10,22H,2,4,7-8,11-16H2,1H3,(H2,19,20,21). The van der Waals surface area contributed by atoms with E-state index in [9.17, 15) is 8.42 Å². The highest BCUT2D eigenvalue weighted by atomic mass is 32.2. The van der Waals surface area contributed by atoms with Gasteiger partial charge in [0.15, 0.2) is 5.96 Å². The molecular formula is C18H31N5O2S. The molecule has 3 N–H and O–H groups in total. The number of likely N-dealkylation sites (tertiary alicyclic amines) is 1. The zero-order valence-corrected chi connectivity index (χ0v) is 16.4. The zero-order chi connectivity index (χ0) is 18.7. The number of rotatable bonds is 9. The van der Waals surface area contributed by atoms with Gasteiger partial charge < -0.3 is 15.5 Å². The van der Waals surface area contributed by atoms with Crippen LogP contribution < -0.4 is 15.4 Å². The molecule has 1 fully saturated rings. The van der Waals surface area contributed by atoms with Crippen LogP contribution in [0.25, 0.3) is 0 Å². The number of guanidine groups is 1. The smallest absolute Gasteiger partial charge is 0.240 e. The summed E-state index contributed by atoms with van der Waals surface area (Å²) in [6.07, 6.45) is 3.92. The molecule has 0 bridgehead atoms. The lowest BCUT2D eigenvalue weighted by Crippen LogP contribution is -2.43. The Bertz CT molecular complexity index is 643. The van der Waals surface area contributed by atoms with E-state index >= 15 is 0 Å². The van der Waals surface area contributed by atoms with Crippen LogP contribution in [-0.4, -0.2) is 65.1 Å². The third-order valence-electron chi connectivity index (χ3n) is 4.24. The number of sulfonamides is 1. The van der Waals surface area contributed by atoms with Crippen molar-refractivity contribution >= 4 is 16.0 Å². The third-order valence-corrected chi connectivity index (χ3v) is 5.72. The van der Waals surface area contributed by atoms with E-state index in [0.717, 1.165) is 25.6 Å². The van der Waals surface area contributed by atoms with Crippen molar-refractivity contribution in [3.63, 3.8) is 0 Å². The van der Waals surface area contributed by atoms with E-state index in [-0.39, 0.29) is 11.4 Å². The molecule has 1 aromatic carbocycles. The highest BCUT2D eigenvalue weighted by Crippen LogP contribution is 2.07.